The average Bonchev–Trinajstić information content (AvgIpc) is 3.63. The van der Waals surface area contributed by atoms with Crippen molar-refractivity contribution >= 4 is 17.1 Å². The fourth-order valence-electron chi connectivity index (χ4n) is 4.00. The Labute approximate surface area is 209 Å². The molecule has 11 nitrogen and oxygen atoms in total. The van der Waals surface area contributed by atoms with Crippen molar-refractivity contribution in [3.8, 4) is 11.4 Å². The van der Waals surface area contributed by atoms with Gasteiger partial charge in [0.2, 0.25) is 5.82 Å². The standard InChI is InChI=1S/C23H24F3N9O2/c1-14-2-3-16(21-31-33-35(32-21)6-7-37-13-23(24,25)26)8-19(14)30-22(36)18-12-29-34-5-4-15(9-20(18)34)17-10-27-28-11-17/h2-5,8-9,12,17,27-28H,6-7,10-11,13H2,1H3,(H,30,36). The molecule has 14 heteroatoms. The number of nitrogens with one attached hydrogen (secondary N) is 3. The second kappa shape index (κ2) is 10.2. The number of benzene rings is 1. The highest BCUT2D eigenvalue weighted by Crippen LogP contribution is 2.25. The molecule has 0 aliphatic carbocycles. The van der Waals surface area contributed by atoms with Crippen LogP contribution in [0.25, 0.3) is 16.9 Å². The van der Waals surface area contributed by atoms with Crippen molar-refractivity contribution in [2.45, 2.75) is 25.6 Å². The van der Waals surface area contributed by atoms with E-state index >= 15 is 0 Å². The number of hydrogen-bond acceptors (Lipinski definition) is 8. The predicted octanol–water partition coefficient (Wildman–Crippen LogP) is 2.32. The zero-order chi connectivity index (χ0) is 26.0. The van der Waals surface area contributed by atoms with Gasteiger partial charge in [-0.15, -0.1) is 10.2 Å². The first kappa shape index (κ1) is 24.8. The first-order valence-corrected chi connectivity index (χ1v) is 11.5. The normalized spacial score (nSPS) is 14.5. The number of alkyl halides is 3. The van der Waals surface area contributed by atoms with Crippen molar-refractivity contribution in [2.24, 2.45) is 0 Å². The molecule has 4 heterocycles. The number of aromatic nitrogens is 6. The molecule has 1 aliphatic heterocycles. The van der Waals surface area contributed by atoms with Gasteiger partial charge in [-0.2, -0.15) is 23.1 Å². The zero-order valence-electron chi connectivity index (χ0n) is 19.8. The molecule has 194 valence electrons. The smallest absolute Gasteiger partial charge is 0.370 e. The minimum atomic E-state index is -4.39. The Hall–Kier alpha value is -3.88. The summed E-state index contributed by atoms with van der Waals surface area (Å²) < 4.78 is 42.9. The lowest BCUT2D eigenvalue weighted by Crippen LogP contribution is -2.21. The van der Waals surface area contributed by atoms with Gasteiger partial charge in [-0.05, 0) is 41.5 Å². The van der Waals surface area contributed by atoms with Gasteiger partial charge in [0.25, 0.3) is 5.91 Å². The molecule has 0 unspecified atom stereocenters. The number of anilines is 1. The summed E-state index contributed by atoms with van der Waals surface area (Å²) in [5.41, 5.74) is 10.4. The van der Waals surface area contributed by atoms with Crippen LogP contribution in [0.5, 0.6) is 0 Å². The molecule has 1 amide bonds. The fraction of sp³-hybridized carbons (Fsp3) is 0.348. The number of nitrogens with zero attached hydrogens (tertiary/aromatic N) is 6. The Morgan fingerprint density at radius 3 is 2.81 bits per heavy atom. The zero-order valence-corrected chi connectivity index (χ0v) is 19.8. The molecule has 5 rings (SSSR count). The molecule has 3 aromatic heterocycles. The summed E-state index contributed by atoms with van der Waals surface area (Å²) in [7, 11) is 0. The van der Waals surface area contributed by atoms with Crippen LogP contribution in [0.4, 0.5) is 18.9 Å². The van der Waals surface area contributed by atoms with E-state index in [-0.39, 0.29) is 24.9 Å². The van der Waals surface area contributed by atoms with Gasteiger partial charge in [-0.25, -0.2) is 4.52 Å². The summed E-state index contributed by atoms with van der Waals surface area (Å²) in [5.74, 6) is 0.256. The number of amides is 1. The second-order valence-corrected chi connectivity index (χ2v) is 8.67. The summed E-state index contributed by atoms with van der Waals surface area (Å²) in [4.78, 5) is 14.4. The number of tetrazole rings is 1. The largest absolute Gasteiger partial charge is 0.411 e. The minimum absolute atomic E-state index is 0.0161. The lowest BCUT2D eigenvalue weighted by Gasteiger charge is -2.10. The van der Waals surface area contributed by atoms with Crippen LogP contribution < -0.4 is 16.2 Å². The van der Waals surface area contributed by atoms with Crippen LogP contribution in [0.1, 0.15) is 27.4 Å². The summed E-state index contributed by atoms with van der Waals surface area (Å²) >= 11 is 0. The van der Waals surface area contributed by atoms with Crippen molar-refractivity contribution < 1.29 is 22.7 Å². The number of hydrogen-bond donors (Lipinski definition) is 3. The van der Waals surface area contributed by atoms with E-state index in [1.165, 1.54) is 6.20 Å². The van der Waals surface area contributed by atoms with Gasteiger partial charge in [0, 0.05) is 36.5 Å². The number of hydrazine groups is 1. The molecule has 0 radical (unpaired) electrons. The van der Waals surface area contributed by atoms with Crippen molar-refractivity contribution in [2.75, 3.05) is 31.6 Å². The van der Waals surface area contributed by atoms with E-state index in [4.69, 9.17) is 0 Å². The van der Waals surface area contributed by atoms with Crippen LogP contribution in [0.2, 0.25) is 0 Å². The molecule has 1 fully saturated rings. The highest BCUT2D eigenvalue weighted by atomic mass is 19.4. The van der Waals surface area contributed by atoms with Crippen molar-refractivity contribution in [1.29, 1.82) is 0 Å². The van der Waals surface area contributed by atoms with Crippen LogP contribution >= 0.6 is 0 Å². The van der Waals surface area contributed by atoms with Gasteiger partial charge < -0.3 is 10.1 Å². The molecule has 3 N–H and O–H groups in total. The number of aryl methyl sites for hydroxylation is 1. The number of pyridine rings is 1. The average molecular weight is 516 g/mol. The predicted molar refractivity (Wildman–Crippen MR) is 127 cm³/mol. The highest BCUT2D eigenvalue weighted by molar-refractivity contribution is 6.09. The number of halogens is 3. The summed E-state index contributed by atoms with van der Waals surface area (Å²) in [6, 6.07) is 9.29. The molecule has 0 atom stereocenters. The van der Waals surface area contributed by atoms with E-state index in [1.54, 1.807) is 16.6 Å². The Morgan fingerprint density at radius 1 is 1.22 bits per heavy atom. The Kier molecular flexibility index (Phi) is 6.86. The highest BCUT2D eigenvalue weighted by Gasteiger charge is 2.27. The summed E-state index contributed by atoms with van der Waals surface area (Å²) in [6.45, 7) is 1.94. The van der Waals surface area contributed by atoms with Gasteiger partial charge in [-0.3, -0.25) is 15.6 Å². The summed E-state index contributed by atoms with van der Waals surface area (Å²) in [5, 5.41) is 19.3. The molecular formula is C23H24F3N9O2. The third-order valence-corrected chi connectivity index (χ3v) is 5.98. The molecule has 1 aliphatic rings. The number of rotatable bonds is 8. The quantitative estimate of drug-likeness (QED) is 0.306. The molecule has 0 saturated carbocycles. The number of ether oxygens (including phenoxy) is 1. The van der Waals surface area contributed by atoms with E-state index in [9.17, 15) is 18.0 Å². The van der Waals surface area contributed by atoms with Gasteiger partial charge in [0.15, 0.2) is 0 Å². The number of carbonyl (C=O) groups excluding carboxylic acids is 1. The maximum absolute atomic E-state index is 13.2. The topological polar surface area (TPSA) is 123 Å². The molecule has 1 aromatic carbocycles. The lowest BCUT2D eigenvalue weighted by atomic mass is 10.0. The van der Waals surface area contributed by atoms with Crippen LogP contribution in [-0.2, 0) is 11.3 Å². The van der Waals surface area contributed by atoms with Crippen LogP contribution in [-0.4, -0.2) is 68.2 Å². The monoisotopic (exact) mass is 515 g/mol. The Morgan fingerprint density at radius 2 is 2.03 bits per heavy atom. The maximum atomic E-state index is 13.2. The van der Waals surface area contributed by atoms with Gasteiger partial charge in [0.1, 0.15) is 6.61 Å². The van der Waals surface area contributed by atoms with Crippen molar-refractivity contribution in [3.05, 3.63) is 59.4 Å². The van der Waals surface area contributed by atoms with Gasteiger partial charge in [0.05, 0.1) is 30.4 Å². The molecule has 0 spiro atoms. The molecule has 4 aromatic rings. The fourth-order valence-corrected chi connectivity index (χ4v) is 4.00. The summed E-state index contributed by atoms with van der Waals surface area (Å²) in [6.07, 6.45) is -1.01. The van der Waals surface area contributed by atoms with Crippen LogP contribution in [0.3, 0.4) is 0 Å². The molecule has 0 bridgehead atoms. The molecular weight excluding hydrogens is 491 g/mol. The number of carbonyl (C=O) groups is 1. The Balaban J connectivity index is 1.30. The van der Waals surface area contributed by atoms with E-state index in [0.717, 1.165) is 29.0 Å². The second-order valence-electron chi connectivity index (χ2n) is 8.67. The van der Waals surface area contributed by atoms with Crippen molar-refractivity contribution in [3.63, 3.8) is 0 Å². The van der Waals surface area contributed by atoms with E-state index in [1.807, 2.05) is 31.3 Å². The van der Waals surface area contributed by atoms with E-state index in [0.29, 0.717) is 28.2 Å². The van der Waals surface area contributed by atoms with Crippen LogP contribution in [0.15, 0.2) is 42.7 Å². The van der Waals surface area contributed by atoms with Gasteiger partial charge in [-0.1, -0.05) is 12.1 Å². The van der Waals surface area contributed by atoms with E-state index in [2.05, 4.69) is 41.4 Å². The molecule has 37 heavy (non-hydrogen) atoms. The third-order valence-electron chi connectivity index (χ3n) is 5.98. The number of fused-ring (bicyclic) bond motifs is 1. The first-order valence-electron chi connectivity index (χ1n) is 11.5. The van der Waals surface area contributed by atoms with Crippen molar-refractivity contribution in [1.82, 2.24) is 40.7 Å². The van der Waals surface area contributed by atoms with Crippen LogP contribution in [0, 0.1) is 6.92 Å². The Bertz CT molecular complexity index is 1410. The third kappa shape index (κ3) is 5.76. The maximum Gasteiger partial charge on any atom is 0.411 e. The SMILES string of the molecule is Cc1ccc(-c2nnn(CCOCC(F)(F)F)n2)cc1NC(=O)c1cnn2ccc(C3CNNC3)cc12. The first-order chi connectivity index (χ1) is 17.8. The lowest BCUT2D eigenvalue weighted by molar-refractivity contribution is -0.174. The minimum Gasteiger partial charge on any atom is -0.370 e. The van der Waals surface area contributed by atoms with Gasteiger partial charge >= 0.3 is 6.18 Å². The van der Waals surface area contributed by atoms with E-state index < -0.39 is 12.8 Å². The molecule has 1 saturated heterocycles.